The summed E-state index contributed by atoms with van der Waals surface area (Å²) in [5, 5.41) is 4.44. The molecule has 1 saturated heterocycles. The maximum Gasteiger partial charge on any atom is 0.322 e. The number of ether oxygens (including phenoxy) is 1. The largest absolute Gasteiger partial charge is 0.472 e. The smallest absolute Gasteiger partial charge is 0.322 e. The van der Waals surface area contributed by atoms with Gasteiger partial charge in [-0.05, 0) is 24.3 Å². The summed E-state index contributed by atoms with van der Waals surface area (Å²) in [5.41, 5.74) is 1.51. The lowest BCUT2D eigenvalue weighted by atomic mass is 10.2. The van der Waals surface area contributed by atoms with E-state index in [0.29, 0.717) is 29.7 Å². The Morgan fingerprint density at radius 1 is 1.12 bits per heavy atom. The minimum atomic E-state index is -0.171. The summed E-state index contributed by atoms with van der Waals surface area (Å²) >= 11 is 6.09. The topological polar surface area (TPSA) is 54.5 Å². The van der Waals surface area contributed by atoms with Gasteiger partial charge in [0.05, 0.1) is 22.8 Å². The maximum atomic E-state index is 12.4. The first kappa shape index (κ1) is 16.7. The van der Waals surface area contributed by atoms with Crippen molar-refractivity contribution in [1.82, 2.24) is 9.88 Å². The molecule has 4 rings (SSSR count). The number of amides is 2. The van der Waals surface area contributed by atoms with Crippen LogP contribution in [0.3, 0.4) is 0 Å². The molecular formula is C20H18ClN3O2. The maximum absolute atomic E-state index is 12.4. The van der Waals surface area contributed by atoms with Crippen LogP contribution < -0.4 is 10.1 Å². The highest BCUT2D eigenvalue weighted by molar-refractivity contribution is 6.33. The van der Waals surface area contributed by atoms with Gasteiger partial charge in [0.1, 0.15) is 6.10 Å². The molecule has 1 unspecified atom stereocenters. The number of nitrogens with zero attached hydrogens (tertiary/aromatic N) is 2. The van der Waals surface area contributed by atoms with E-state index in [1.807, 2.05) is 48.5 Å². The van der Waals surface area contributed by atoms with E-state index >= 15 is 0 Å². The molecule has 26 heavy (non-hydrogen) atoms. The lowest BCUT2D eigenvalue weighted by Gasteiger charge is -2.18. The van der Waals surface area contributed by atoms with Gasteiger partial charge in [0, 0.05) is 24.4 Å². The summed E-state index contributed by atoms with van der Waals surface area (Å²) in [7, 11) is 0. The second-order valence-electron chi connectivity index (χ2n) is 6.23. The van der Waals surface area contributed by atoms with Crippen molar-refractivity contribution < 1.29 is 9.53 Å². The van der Waals surface area contributed by atoms with Gasteiger partial charge in [-0.25, -0.2) is 9.78 Å². The molecule has 5 nitrogen and oxygen atoms in total. The van der Waals surface area contributed by atoms with Gasteiger partial charge in [-0.3, -0.25) is 0 Å². The first-order chi connectivity index (χ1) is 12.7. The first-order valence-electron chi connectivity index (χ1n) is 8.52. The Balaban J connectivity index is 1.38. The number of para-hydroxylation sites is 2. The molecular weight excluding hydrogens is 350 g/mol. The third-order valence-corrected chi connectivity index (χ3v) is 4.74. The summed E-state index contributed by atoms with van der Waals surface area (Å²) in [6.07, 6.45) is 0.699. The minimum Gasteiger partial charge on any atom is -0.472 e. The van der Waals surface area contributed by atoms with Crippen LogP contribution in [0.15, 0.2) is 60.7 Å². The molecule has 1 aliphatic rings. The van der Waals surface area contributed by atoms with Gasteiger partial charge >= 0.3 is 6.03 Å². The number of carbonyl (C=O) groups excluding carboxylic acids is 1. The number of benzene rings is 2. The fourth-order valence-corrected chi connectivity index (χ4v) is 3.23. The van der Waals surface area contributed by atoms with Gasteiger partial charge < -0.3 is 15.0 Å². The standard InChI is InChI=1S/C20H18ClN3O2/c21-16-6-2-4-8-18(16)23-20(25)24-12-11-15(13-24)26-19-10-9-14-5-1-3-7-17(14)22-19/h1-10,15H,11-13H2,(H,23,25). The molecule has 2 heterocycles. The van der Waals surface area contributed by atoms with Crippen LogP contribution in [0.2, 0.25) is 5.02 Å². The van der Waals surface area contributed by atoms with E-state index in [1.165, 1.54) is 0 Å². The highest BCUT2D eigenvalue weighted by atomic mass is 35.5. The zero-order valence-electron chi connectivity index (χ0n) is 14.1. The number of urea groups is 1. The van der Waals surface area contributed by atoms with Crippen LogP contribution in [0.5, 0.6) is 5.88 Å². The molecule has 0 spiro atoms. The van der Waals surface area contributed by atoms with Crippen molar-refractivity contribution in [3.05, 3.63) is 65.7 Å². The molecule has 1 N–H and O–H groups in total. The molecule has 2 aromatic carbocycles. The summed E-state index contributed by atoms with van der Waals surface area (Å²) in [6.45, 7) is 1.15. The molecule has 1 fully saturated rings. The highest BCUT2D eigenvalue weighted by Gasteiger charge is 2.28. The average molecular weight is 368 g/mol. The average Bonchev–Trinajstić information content (AvgIpc) is 3.12. The SMILES string of the molecule is O=C(Nc1ccccc1Cl)N1CCC(Oc2ccc3ccccc3n2)C1. The lowest BCUT2D eigenvalue weighted by molar-refractivity contribution is 0.190. The summed E-state index contributed by atoms with van der Waals surface area (Å²) < 4.78 is 5.98. The first-order valence-corrected chi connectivity index (χ1v) is 8.90. The van der Waals surface area contributed by atoms with E-state index in [1.54, 1.807) is 17.0 Å². The van der Waals surface area contributed by atoms with Crippen LogP contribution in [0, 0.1) is 0 Å². The fraction of sp³-hybridized carbons (Fsp3) is 0.200. The zero-order valence-corrected chi connectivity index (χ0v) is 14.8. The third-order valence-electron chi connectivity index (χ3n) is 4.41. The number of carbonyl (C=O) groups is 1. The van der Waals surface area contributed by atoms with E-state index in [9.17, 15) is 4.79 Å². The van der Waals surface area contributed by atoms with Crippen LogP contribution >= 0.6 is 11.6 Å². The Kier molecular flexibility index (Phi) is 4.63. The second-order valence-corrected chi connectivity index (χ2v) is 6.63. The number of anilines is 1. The number of pyridine rings is 1. The van der Waals surface area contributed by atoms with Gasteiger partial charge in [-0.1, -0.05) is 41.9 Å². The third kappa shape index (κ3) is 3.58. The van der Waals surface area contributed by atoms with Crippen molar-refractivity contribution in [1.29, 1.82) is 0 Å². The zero-order chi connectivity index (χ0) is 17.9. The number of hydrogen-bond donors (Lipinski definition) is 1. The number of hydrogen-bond acceptors (Lipinski definition) is 3. The molecule has 1 atom stereocenters. The summed E-state index contributed by atoms with van der Waals surface area (Å²) in [4.78, 5) is 18.7. The number of likely N-dealkylation sites (tertiary alicyclic amines) is 1. The number of halogens is 1. The molecule has 0 saturated carbocycles. The lowest BCUT2D eigenvalue weighted by Crippen LogP contribution is -2.34. The molecule has 132 valence electrons. The van der Waals surface area contributed by atoms with Crippen molar-refractivity contribution in [2.24, 2.45) is 0 Å². The van der Waals surface area contributed by atoms with Gasteiger partial charge in [-0.2, -0.15) is 0 Å². The Morgan fingerprint density at radius 3 is 2.81 bits per heavy atom. The van der Waals surface area contributed by atoms with E-state index in [2.05, 4.69) is 10.3 Å². The van der Waals surface area contributed by atoms with Gasteiger partial charge in [0.15, 0.2) is 0 Å². The van der Waals surface area contributed by atoms with Crippen molar-refractivity contribution in [3.8, 4) is 5.88 Å². The molecule has 1 aromatic heterocycles. The van der Waals surface area contributed by atoms with Gasteiger partial charge in [0.2, 0.25) is 5.88 Å². The summed E-state index contributed by atoms with van der Waals surface area (Å²) in [6, 6.07) is 18.8. The van der Waals surface area contributed by atoms with Crippen LogP contribution in [0.1, 0.15) is 6.42 Å². The van der Waals surface area contributed by atoms with Crippen LogP contribution in [0.25, 0.3) is 10.9 Å². The molecule has 1 aliphatic heterocycles. The van der Waals surface area contributed by atoms with Crippen molar-refractivity contribution >= 4 is 34.2 Å². The molecule has 3 aromatic rings. The van der Waals surface area contributed by atoms with Crippen molar-refractivity contribution in [2.75, 3.05) is 18.4 Å². The molecule has 0 bridgehead atoms. The summed E-state index contributed by atoms with van der Waals surface area (Å²) in [5.74, 6) is 0.585. The van der Waals surface area contributed by atoms with Crippen LogP contribution in [-0.4, -0.2) is 35.1 Å². The van der Waals surface area contributed by atoms with E-state index < -0.39 is 0 Å². The molecule has 6 heteroatoms. The number of rotatable bonds is 3. The number of nitrogens with one attached hydrogen (secondary N) is 1. The Bertz CT molecular complexity index is 947. The monoisotopic (exact) mass is 367 g/mol. The van der Waals surface area contributed by atoms with E-state index in [-0.39, 0.29) is 12.1 Å². The van der Waals surface area contributed by atoms with Gasteiger partial charge in [-0.15, -0.1) is 0 Å². The highest BCUT2D eigenvalue weighted by Crippen LogP contribution is 2.23. The Morgan fingerprint density at radius 2 is 1.92 bits per heavy atom. The normalized spacial score (nSPS) is 16.7. The fourth-order valence-electron chi connectivity index (χ4n) is 3.05. The minimum absolute atomic E-state index is 0.0688. The second kappa shape index (κ2) is 7.22. The molecule has 2 amide bonds. The predicted molar refractivity (Wildman–Crippen MR) is 103 cm³/mol. The number of aromatic nitrogens is 1. The quantitative estimate of drug-likeness (QED) is 0.737. The van der Waals surface area contributed by atoms with E-state index in [4.69, 9.17) is 16.3 Å². The Labute approximate surface area is 156 Å². The van der Waals surface area contributed by atoms with E-state index in [0.717, 1.165) is 17.3 Å². The van der Waals surface area contributed by atoms with Crippen molar-refractivity contribution in [2.45, 2.75) is 12.5 Å². The molecule has 0 aliphatic carbocycles. The van der Waals surface area contributed by atoms with Gasteiger partial charge in [0.25, 0.3) is 0 Å². The predicted octanol–water partition coefficient (Wildman–Crippen LogP) is 4.57. The van der Waals surface area contributed by atoms with Crippen LogP contribution in [-0.2, 0) is 0 Å². The number of fused-ring (bicyclic) bond motifs is 1. The van der Waals surface area contributed by atoms with Crippen molar-refractivity contribution in [3.63, 3.8) is 0 Å². The Hall–Kier alpha value is -2.79. The molecule has 0 radical (unpaired) electrons. The van der Waals surface area contributed by atoms with Crippen LogP contribution in [0.4, 0.5) is 10.5 Å².